The molecule has 4 atom stereocenters. The number of nitrogens with one attached hydrogen (secondary N) is 1. The minimum absolute atomic E-state index is 0.0150. The second-order valence-corrected chi connectivity index (χ2v) is 10.9. The van der Waals surface area contributed by atoms with E-state index in [1.807, 2.05) is 20.9 Å². The standard InChI is InChI=1S/C28H35N3O6.C2H4O/c1-13-7-16-8-17-11-31-19(23(30(17)5)21(16)24(33)25(13)34-6)9-18-22(20(31)10-29-4)28-27(35-12-36-28)14(2)26(18)37-15(3)32;1-2-3/h7,17,19-20,23,29,33H,8-12H2,1-6H3;2H,1H3/t17-,19?,20-,23-;/m0./s1. The van der Waals surface area contributed by atoms with Gasteiger partial charge in [-0.05, 0) is 58.8 Å². The first kappa shape index (κ1) is 28.2. The predicted octanol–water partition coefficient (Wildman–Crippen LogP) is 2.98. The molecule has 1 saturated heterocycles. The van der Waals surface area contributed by atoms with Crippen LogP contribution in [0.5, 0.6) is 28.7 Å². The number of hydrogen-bond donors (Lipinski definition) is 2. The van der Waals surface area contributed by atoms with Crippen LogP contribution in [0, 0.1) is 13.8 Å². The number of aldehydes is 1. The van der Waals surface area contributed by atoms with Gasteiger partial charge in [0.2, 0.25) is 6.79 Å². The van der Waals surface area contributed by atoms with Crippen molar-refractivity contribution in [2.24, 2.45) is 0 Å². The van der Waals surface area contributed by atoms with Crippen molar-refractivity contribution >= 4 is 12.3 Å². The highest BCUT2D eigenvalue weighted by Crippen LogP contribution is 2.57. The molecule has 2 aromatic carbocycles. The van der Waals surface area contributed by atoms with Crippen molar-refractivity contribution in [1.82, 2.24) is 15.1 Å². The number of carbonyl (C=O) groups is 2. The molecule has 1 fully saturated rings. The Kier molecular flexibility index (Phi) is 7.69. The Hall–Kier alpha value is -3.34. The highest BCUT2D eigenvalue weighted by molar-refractivity contribution is 5.74. The summed E-state index contributed by atoms with van der Waals surface area (Å²) in [6.07, 6.45) is 2.25. The zero-order chi connectivity index (χ0) is 28.9. The molecule has 2 bridgehead atoms. The van der Waals surface area contributed by atoms with Gasteiger partial charge in [-0.1, -0.05) is 6.07 Å². The third-order valence-electron chi connectivity index (χ3n) is 8.68. The van der Waals surface area contributed by atoms with Crippen LogP contribution in [0.15, 0.2) is 6.07 Å². The molecule has 0 amide bonds. The average molecular weight is 554 g/mol. The molecule has 0 aromatic heterocycles. The molecular weight excluding hydrogens is 514 g/mol. The van der Waals surface area contributed by atoms with Gasteiger partial charge in [0.25, 0.3) is 0 Å². The van der Waals surface area contributed by atoms with Crippen molar-refractivity contribution in [1.29, 1.82) is 0 Å². The minimum atomic E-state index is -0.363. The zero-order valence-electron chi connectivity index (χ0n) is 24.3. The van der Waals surface area contributed by atoms with Gasteiger partial charge in [0.1, 0.15) is 12.0 Å². The summed E-state index contributed by atoms with van der Waals surface area (Å²) in [6, 6.07) is 2.44. The third-order valence-corrected chi connectivity index (χ3v) is 8.68. The van der Waals surface area contributed by atoms with Crippen molar-refractivity contribution in [3.8, 4) is 28.7 Å². The van der Waals surface area contributed by atoms with Gasteiger partial charge in [-0.15, -0.1) is 0 Å². The molecule has 10 nitrogen and oxygen atoms in total. The molecule has 216 valence electrons. The number of aryl methyl sites for hydroxylation is 1. The van der Waals surface area contributed by atoms with Gasteiger partial charge in [0.05, 0.1) is 19.2 Å². The van der Waals surface area contributed by atoms with E-state index in [1.54, 1.807) is 7.11 Å². The maximum Gasteiger partial charge on any atom is 0.308 e. The number of phenolic OH excluding ortho intramolecular Hbond substituents is 1. The number of methoxy groups -OCH3 is 1. The quantitative estimate of drug-likeness (QED) is 0.333. The summed E-state index contributed by atoms with van der Waals surface area (Å²) in [6.45, 7) is 8.50. The lowest BCUT2D eigenvalue weighted by molar-refractivity contribution is -0.132. The van der Waals surface area contributed by atoms with E-state index in [0.29, 0.717) is 36.3 Å². The van der Waals surface area contributed by atoms with Crippen LogP contribution in [-0.2, 0) is 22.4 Å². The highest BCUT2D eigenvalue weighted by Gasteiger charge is 2.52. The number of benzene rings is 2. The van der Waals surface area contributed by atoms with Crippen LogP contribution in [0.4, 0.5) is 0 Å². The zero-order valence-corrected chi connectivity index (χ0v) is 24.3. The van der Waals surface area contributed by atoms with Gasteiger partial charge >= 0.3 is 5.97 Å². The van der Waals surface area contributed by atoms with Crippen LogP contribution >= 0.6 is 0 Å². The molecule has 4 heterocycles. The van der Waals surface area contributed by atoms with Crippen molar-refractivity contribution in [2.45, 2.75) is 64.7 Å². The molecule has 0 spiro atoms. The first-order valence-corrected chi connectivity index (χ1v) is 13.7. The molecule has 2 aromatic rings. The fourth-order valence-electron chi connectivity index (χ4n) is 7.23. The van der Waals surface area contributed by atoms with Gasteiger partial charge in [0, 0.05) is 54.4 Å². The number of piperazine rings is 1. The first-order valence-electron chi connectivity index (χ1n) is 13.7. The van der Waals surface area contributed by atoms with Gasteiger partial charge in [-0.2, -0.15) is 0 Å². The minimum Gasteiger partial charge on any atom is -0.504 e. The molecule has 1 unspecified atom stereocenters. The van der Waals surface area contributed by atoms with E-state index in [0.717, 1.165) is 52.8 Å². The number of phenols is 1. The Balaban J connectivity index is 0.00000103. The lowest BCUT2D eigenvalue weighted by Gasteiger charge is -2.58. The van der Waals surface area contributed by atoms with Crippen molar-refractivity contribution in [3.63, 3.8) is 0 Å². The second-order valence-electron chi connectivity index (χ2n) is 10.9. The molecule has 10 heteroatoms. The number of esters is 1. The monoisotopic (exact) mass is 553 g/mol. The highest BCUT2D eigenvalue weighted by atomic mass is 16.7. The molecule has 4 aliphatic rings. The second kappa shape index (κ2) is 10.9. The maximum atomic E-state index is 12.2. The predicted molar refractivity (Wildman–Crippen MR) is 149 cm³/mol. The van der Waals surface area contributed by atoms with Crippen LogP contribution in [0.1, 0.15) is 59.3 Å². The summed E-state index contributed by atoms with van der Waals surface area (Å²) in [4.78, 5) is 26.0. The number of aromatic hydroxyl groups is 1. The van der Waals surface area contributed by atoms with E-state index in [2.05, 4.69) is 28.2 Å². The van der Waals surface area contributed by atoms with Crippen LogP contribution in [0.25, 0.3) is 0 Å². The number of nitrogens with zero attached hydrogens (tertiary/aromatic N) is 2. The topological polar surface area (TPSA) is 110 Å². The SMILES string of the molecule is CC=O.CNC[C@H]1c2c(c(OC(C)=O)c(C)c3c2OCO3)CC2[C@H]3c4c(cc(C)c(OC)c4O)C[C@@H](CN21)N3C. The van der Waals surface area contributed by atoms with Crippen molar-refractivity contribution < 1.29 is 33.6 Å². The Morgan fingerprint density at radius 2 is 1.90 bits per heavy atom. The first-order chi connectivity index (χ1) is 19.2. The van der Waals surface area contributed by atoms with E-state index < -0.39 is 0 Å². The van der Waals surface area contributed by atoms with Crippen molar-refractivity contribution in [3.05, 3.63) is 39.4 Å². The van der Waals surface area contributed by atoms with Crippen LogP contribution in [0.3, 0.4) is 0 Å². The Morgan fingerprint density at radius 1 is 1.20 bits per heavy atom. The van der Waals surface area contributed by atoms with Gasteiger partial charge < -0.3 is 34.2 Å². The van der Waals surface area contributed by atoms with Crippen LogP contribution in [0.2, 0.25) is 0 Å². The molecule has 40 heavy (non-hydrogen) atoms. The number of fused-ring (bicyclic) bond motifs is 9. The van der Waals surface area contributed by atoms with E-state index in [1.165, 1.54) is 19.4 Å². The van der Waals surface area contributed by atoms with E-state index >= 15 is 0 Å². The Labute approximate surface area is 235 Å². The van der Waals surface area contributed by atoms with Gasteiger partial charge in [-0.25, -0.2) is 0 Å². The third kappa shape index (κ3) is 4.29. The number of carbonyl (C=O) groups excluding carboxylic acids is 2. The molecule has 0 aliphatic carbocycles. The fourth-order valence-corrected chi connectivity index (χ4v) is 7.23. The number of ether oxygens (including phenoxy) is 4. The van der Waals surface area contributed by atoms with Crippen LogP contribution in [-0.4, -0.2) is 80.3 Å². The summed E-state index contributed by atoms with van der Waals surface area (Å²) in [5, 5.41) is 14.8. The van der Waals surface area contributed by atoms with Gasteiger partial charge in [0.15, 0.2) is 23.0 Å². The number of rotatable bonds is 4. The van der Waals surface area contributed by atoms with E-state index in [4.69, 9.17) is 23.7 Å². The maximum absolute atomic E-state index is 12.2. The summed E-state index contributed by atoms with van der Waals surface area (Å²) in [7, 11) is 5.71. The average Bonchev–Trinajstić information content (AvgIpc) is 3.38. The normalized spacial score (nSPS) is 24.2. The summed E-state index contributed by atoms with van der Waals surface area (Å²) in [5.74, 6) is 2.38. The van der Waals surface area contributed by atoms with Gasteiger partial charge in [-0.3, -0.25) is 14.6 Å². The van der Waals surface area contributed by atoms with E-state index in [9.17, 15) is 9.90 Å². The van der Waals surface area contributed by atoms with Crippen molar-refractivity contribution in [2.75, 3.05) is 41.1 Å². The lowest BCUT2D eigenvalue weighted by atomic mass is 9.74. The van der Waals surface area contributed by atoms with E-state index in [-0.39, 0.29) is 36.6 Å². The Bertz CT molecular complexity index is 1340. The number of likely N-dealkylation sites (N-methyl/N-ethyl adjacent to an activating group) is 2. The molecule has 2 N–H and O–H groups in total. The summed E-state index contributed by atoms with van der Waals surface area (Å²) in [5.41, 5.74) is 5.87. The fraction of sp³-hybridized carbons (Fsp3) is 0.533. The summed E-state index contributed by atoms with van der Waals surface area (Å²) < 4.78 is 23.4. The molecule has 0 saturated carbocycles. The lowest BCUT2D eigenvalue weighted by Crippen LogP contribution is -2.64. The summed E-state index contributed by atoms with van der Waals surface area (Å²) >= 11 is 0. The molecular formula is C30H39N3O7. The molecule has 0 radical (unpaired) electrons. The Morgan fingerprint density at radius 3 is 2.55 bits per heavy atom. The molecule has 6 rings (SSSR count). The molecule has 4 aliphatic heterocycles. The smallest absolute Gasteiger partial charge is 0.308 e. The number of hydrogen-bond acceptors (Lipinski definition) is 10. The largest absolute Gasteiger partial charge is 0.504 e. The van der Waals surface area contributed by atoms with Crippen LogP contribution < -0.4 is 24.3 Å².